The lowest BCUT2D eigenvalue weighted by Gasteiger charge is -2.34. The molecule has 4 nitrogen and oxygen atoms in total. The number of aromatic nitrogens is 1. The van der Waals surface area contributed by atoms with Gasteiger partial charge < -0.3 is 9.80 Å². The molecule has 0 radical (unpaired) electrons. The Morgan fingerprint density at radius 2 is 1.81 bits per heavy atom. The number of hydrogen-bond donors (Lipinski definition) is 0. The summed E-state index contributed by atoms with van der Waals surface area (Å²) in [7, 11) is 0. The van der Waals surface area contributed by atoms with E-state index in [0.29, 0.717) is 29.6 Å². The topological polar surface area (TPSA) is 36.4 Å². The van der Waals surface area contributed by atoms with E-state index >= 15 is 0 Å². The van der Waals surface area contributed by atoms with Gasteiger partial charge in [-0.25, -0.2) is 4.98 Å². The summed E-state index contributed by atoms with van der Waals surface area (Å²) in [6, 6.07) is 13.5. The molecule has 0 N–H and O–H groups in total. The number of thiazole rings is 1. The number of carbonyl (C=O) groups excluding carboxylic acids is 1. The zero-order valence-corrected chi connectivity index (χ0v) is 16.3. The number of hydrogen-bond acceptors (Lipinski definition) is 4. The van der Waals surface area contributed by atoms with Crippen LogP contribution in [-0.4, -0.2) is 42.0 Å². The van der Waals surface area contributed by atoms with E-state index in [1.807, 2.05) is 29.2 Å². The van der Waals surface area contributed by atoms with Crippen LogP contribution in [-0.2, 0) is 11.2 Å². The van der Waals surface area contributed by atoms with Gasteiger partial charge >= 0.3 is 0 Å². The molecule has 1 amide bonds. The van der Waals surface area contributed by atoms with Crippen LogP contribution in [0.15, 0.2) is 42.5 Å². The van der Waals surface area contributed by atoms with Crippen LogP contribution in [0.4, 0.5) is 5.13 Å². The molecule has 1 fully saturated rings. The van der Waals surface area contributed by atoms with Gasteiger partial charge in [0.15, 0.2) is 5.13 Å². The summed E-state index contributed by atoms with van der Waals surface area (Å²) < 4.78 is 1.20. The van der Waals surface area contributed by atoms with E-state index in [1.165, 1.54) is 4.70 Å². The molecule has 2 aromatic carbocycles. The fourth-order valence-corrected chi connectivity index (χ4v) is 4.42. The fourth-order valence-electron chi connectivity index (χ4n) is 3.08. The predicted molar refractivity (Wildman–Crippen MR) is 109 cm³/mol. The second-order valence-corrected chi connectivity index (χ2v) is 8.08. The van der Waals surface area contributed by atoms with Gasteiger partial charge in [0, 0.05) is 26.2 Å². The van der Waals surface area contributed by atoms with E-state index in [1.54, 1.807) is 23.5 Å². The molecular weight excluding hydrogens is 389 g/mol. The first-order valence-electron chi connectivity index (χ1n) is 8.42. The van der Waals surface area contributed by atoms with Crippen LogP contribution in [0, 0.1) is 0 Å². The summed E-state index contributed by atoms with van der Waals surface area (Å²) in [6.45, 7) is 3.01. The number of rotatable bonds is 3. The van der Waals surface area contributed by atoms with Gasteiger partial charge in [0.25, 0.3) is 0 Å². The molecule has 2 heterocycles. The van der Waals surface area contributed by atoms with E-state index in [0.717, 1.165) is 29.3 Å². The molecule has 1 aromatic heterocycles. The lowest BCUT2D eigenvalue weighted by molar-refractivity contribution is -0.130. The van der Waals surface area contributed by atoms with E-state index in [-0.39, 0.29) is 5.91 Å². The van der Waals surface area contributed by atoms with E-state index in [9.17, 15) is 4.79 Å². The number of nitrogens with zero attached hydrogens (tertiary/aromatic N) is 3. The fraction of sp³-hybridized carbons (Fsp3) is 0.263. The van der Waals surface area contributed by atoms with Gasteiger partial charge in [0.05, 0.1) is 26.7 Å². The first-order chi connectivity index (χ1) is 12.6. The first kappa shape index (κ1) is 17.6. The standard InChI is InChI=1S/C19H17Cl2N3OS/c20-14-6-5-13(11-15(14)21)12-18(25)23-7-9-24(10-8-23)19-22-16-3-1-2-4-17(16)26-19/h1-6,11H,7-10,12H2. The molecule has 0 unspecified atom stereocenters. The Bertz CT molecular complexity index is 918. The van der Waals surface area contributed by atoms with Crippen molar-refractivity contribution in [1.29, 1.82) is 0 Å². The van der Waals surface area contributed by atoms with Crippen molar-refractivity contribution in [2.75, 3.05) is 31.1 Å². The summed E-state index contributed by atoms with van der Waals surface area (Å²) in [4.78, 5) is 21.4. The summed E-state index contributed by atoms with van der Waals surface area (Å²) >= 11 is 13.7. The van der Waals surface area contributed by atoms with Gasteiger partial charge in [0.2, 0.25) is 5.91 Å². The Kier molecular flexibility index (Phi) is 5.02. The second-order valence-electron chi connectivity index (χ2n) is 6.26. The summed E-state index contributed by atoms with van der Waals surface area (Å²) in [5.41, 5.74) is 1.92. The predicted octanol–water partition coefficient (Wildman–Crippen LogP) is 4.49. The zero-order valence-electron chi connectivity index (χ0n) is 14.0. The second kappa shape index (κ2) is 7.43. The average Bonchev–Trinajstić information content (AvgIpc) is 3.09. The normalized spacial score (nSPS) is 14.8. The quantitative estimate of drug-likeness (QED) is 0.643. The zero-order chi connectivity index (χ0) is 18.1. The van der Waals surface area contributed by atoms with Crippen molar-refractivity contribution in [2.45, 2.75) is 6.42 Å². The summed E-state index contributed by atoms with van der Waals surface area (Å²) in [5.74, 6) is 0.118. The SMILES string of the molecule is O=C(Cc1ccc(Cl)c(Cl)c1)N1CCN(c2nc3ccccc3s2)CC1. The maximum Gasteiger partial charge on any atom is 0.227 e. The van der Waals surface area contributed by atoms with Gasteiger partial charge in [-0.3, -0.25) is 4.79 Å². The van der Waals surface area contributed by atoms with Crippen molar-refractivity contribution in [3.05, 3.63) is 58.1 Å². The number of amides is 1. The monoisotopic (exact) mass is 405 g/mol. The third kappa shape index (κ3) is 3.65. The molecule has 0 saturated carbocycles. The number of benzene rings is 2. The minimum Gasteiger partial charge on any atom is -0.345 e. The van der Waals surface area contributed by atoms with Gasteiger partial charge in [-0.1, -0.05) is 52.7 Å². The smallest absolute Gasteiger partial charge is 0.227 e. The van der Waals surface area contributed by atoms with Gasteiger partial charge in [-0.2, -0.15) is 0 Å². The minimum absolute atomic E-state index is 0.118. The summed E-state index contributed by atoms with van der Waals surface area (Å²) in [6.07, 6.45) is 0.345. The highest BCUT2D eigenvalue weighted by Crippen LogP contribution is 2.29. The Morgan fingerprint density at radius 3 is 2.54 bits per heavy atom. The highest BCUT2D eigenvalue weighted by molar-refractivity contribution is 7.22. The van der Waals surface area contributed by atoms with Crippen LogP contribution in [0.3, 0.4) is 0 Å². The van der Waals surface area contributed by atoms with Crippen molar-refractivity contribution in [1.82, 2.24) is 9.88 Å². The highest BCUT2D eigenvalue weighted by atomic mass is 35.5. The van der Waals surface area contributed by atoms with Crippen LogP contribution < -0.4 is 4.90 Å². The van der Waals surface area contributed by atoms with Gasteiger partial charge in [-0.05, 0) is 29.8 Å². The average molecular weight is 406 g/mol. The Morgan fingerprint density at radius 1 is 1.04 bits per heavy atom. The van der Waals surface area contributed by atoms with Crippen molar-refractivity contribution in [3.63, 3.8) is 0 Å². The minimum atomic E-state index is 0.118. The molecule has 0 atom stereocenters. The molecule has 1 saturated heterocycles. The Hall–Kier alpha value is -1.82. The number of anilines is 1. The van der Waals surface area contributed by atoms with Gasteiger partial charge in [0.1, 0.15) is 0 Å². The number of fused-ring (bicyclic) bond motifs is 1. The first-order valence-corrected chi connectivity index (χ1v) is 9.99. The molecule has 0 aliphatic carbocycles. The third-order valence-corrected chi connectivity index (χ3v) is 6.36. The molecule has 7 heteroatoms. The molecule has 1 aliphatic rings. The van der Waals surface area contributed by atoms with Crippen LogP contribution in [0.1, 0.15) is 5.56 Å². The van der Waals surface area contributed by atoms with Crippen LogP contribution in [0.2, 0.25) is 10.0 Å². The van der Waals surface area contributed by atoms with Crippen LogP contribution >= 0.6 is 34.5 Å². The molecule has 3 aromatic rings. The lowest BCUT2D eigenvalue weighted by atomic mass is 10.1. The van der Waals surface area contributed by atoms with Crippen molar-refractivity contribution < 1.29 is 4.79 Å². The van der Waals surface area contributed by atoms with E-state index in [4.69, 9.17) is 28.2 Å². The van der Waals surface area contributed by atoms with Crippen molar-refractivity contribution >= 4 is 55.8 Å². The number of para-hydroxylation sites is 1. The Labute approximate surface area is 166 Å². The summed E-state index contributed by atoms with van der Waals surface area (Å²) in [5, 5.41) is 2.02. The molecule has 0 bridgehead atoms. The number of carbonyl (C=O) groups is 1. The third-order valence-electron chi connectivity index (χ3n) is 4.52. The molecule has 4 rings (SSSR count). The van der Waals surface area contributed by atoms with Crippen molar-refractivity contribution in [3.8, 4) is 0 Å². The van der Waals surface area contributed by atoms with E-state index in [2.05, 4.69) is 11.0 Å². The molecular formula is C19H17Cl2N3OS. The maximum absolute atomic E-state index is 12.6. The molecule has 134 valence electrons. The Balaban J connectivity index is 1.38. The lowest BCUT2D eigenvalue weighted by Crippen LogP contribution is -2.49. The van der Waals surface area contributed by atoms with Crippen LogP contribution in [0.25, 0.3) is 10.2 Å². The molecule has 0 spiro atoms. The van der Waals surface area contributed by atoms with E-state index < -0.39 is 0 Å². The molecule has 1 aliphatic heterocycles. The molecule has 26 heavy (non-hydrogen) atoms. The largest absolute Gasteiger partial charge is 0.345 e. The number of halogens is 2. The van der Waals surface area contributed by atoms with Crippen LogP contribution in [0.5, 0.6) is 0 Å². The van der Waals surface area contributed by atoms with Gasteiger partial charge in [-0.15, -0.1) is 0 Å². The number of piperazine rings is 1. The maximum atomic E-state index is 12.6. The highest BCUT2D eigenvalue weighted by Gasteiger charge is 2.23. The van der Waals surface area contributed by atoms with Crippen molar-refractivity contribution in [2.24, 2.45) is 0 Å².